The number of rotatable bonds is 0. The molecule has 0 unspecified atom stereocenters. The molecule has 0 radical (unpaired) electrons. The molecule has 2 heterocycles. The molecular weight excluding hydrogens is 144 g/mol. The minimum Gasteiger partial charge on any atom is -0.459 e. The highest BCUT2D eigenvalue weighted by molar-refractivity contribution is 5.74. The lowest BCUT2D eigenvalue weighted by Gasteiger charge is -2.12. The van der Waals surface area contributed by atoms with E-state index in [9.17, 15) is 4.79 Å². The summed E-state index contributed by atoms with van der Waals surface area (Å²) in [6.45, 7) is 0.266. The van der Waals surface area contributed by atoms with Gasteiger partial charge in [-0.1, -0.05) is 0 Å². The lowest BCUT2D eigenvalue weighted by molar-refractivity contribution is -0.145. The van der Waals surface area contributed by atoms with Crippen LogP contribution in [0.5, 0.6) is 0 Å². The standard InChI is InChI=1S/C7H6N2O2/c10-7-3-5-1-2-8-9-6(5)4-11-7/h1-2H,3-4H2. The third-order valence-electron chi connectivity index (χ3n) is 1.60. The molecule has 0 fully saturated rings. The van der Waals surface area contributed by atoms with Crippen LogP contribution in [0.15, 0.2) is 12.3 Å². The smallest absolute Gasteiger partial charge is 0.310 e. The molecule has 11 heavy (non-hydrogen) atoms. The summed E-state index contributed by atoms with van der Waals surface area (Å²) in [6, 6.07) is 1.79. The van der Waals surface area contributed by atoms with Gasteiger partial charge in [0.1, 0.15) is 12.3 Å². The van der Waals surface area contributed by atoms with Gasteiger partial charge in [0.2, 0.25) is 0 Å². The zero-order valence-corrected chi connectivity index (χ0v) is 5.78. The molecule has 0 aromatic carbocycles. The highest BCUT2D eigenvalue weighted by Gasteiger charge is 2.16. The second-order valence-corrected chi connectivity index (χ2v) is 2.34. The van der Waals surface area contributed by atoms with Gasteiger partial charge in [0, 0.05) is 6.20 Å². The van der Waals surface area contributed by atoms with Gasteiger partial charge in [-0.2, -0.15) is 10.2 Å². The molecule has 2 rings (SSSR count). The van der Waals surface area contributed by atoms with Crippen LogP contribution in [0.1, 0.15) is 11.3 Å². The Morgan fingerprint density at radius 1 is 1.55 bits per heavy atom. The van der Waals surface area contributed by atoms with Crippen molar-refractivity contribution in [2.24, 2.45) is 0 Å². The van der Waals surface area contributed by atoms with Gasteiger partial charge in [0.15, 0.2) is 0 Å². The van der Waals surface area contributed by atoms with E-state index >= 15 is 0 Å². The molecule has 1 aromatic heterocycles. The maximum atomic E-state index is 10.8. The number of carbonyl (C=O) groups excluding carboxylic acids is 1. The van der Waals surface area contributed by atoms with Crippen molar-refractivity contribution in [2.75, 3.05) is 0 Å². The van der Waals surface area contributed by atoms with Crippen LogP contribution in [-0.4, -0.2) is 16.2 Å². The number of fused-ring (bicyclic) bond motifs is 1. The first-order valence-corrected chi connectivity index (χ1v) is 3.31. The Labute approximate surface area is 63.2 Å². The highest BCUT2D eigenvalue weighted by atomic mass is 16.5. The normalized spacial score (nSPS) is 15.5. The van der Waals surface area contributed by atoms with Crippen LogP contribution in [-0.2, 0) is 22.6 Å². The summed E-state index contributed by atoms with van der Waals surface area (Å²) in [4.78, 5) is 10.8. The zero-order valence-electron chi connectivity index (χ0n) is 5.78. The van der Waals surface area contributed by atoms with Gasteiger partial charge in [-0.3, -0.25) is 4.79 Å². The molecule has 1 aliphatic heterocycles. The van der Waals surface area contributed by atoms with E-state index in [0.717, 1.165) is 11.3 Å². The van der Waals surface area contributed by atoms with Gasteiger partial charge < -0.3 is 4.74 Å². The SMILES string of the molecule is O=C1Cc2ccnnc2CO1. The maximum Gasteiger partial charge on any atom is 0.310 e. The molecule has 0 N–H and O–H groups in total. The molecule has 0 bridgehead atoms. The fourth-order valence-electron chi connectivity index (χ4n) is 1.02. The van der Waals surface area contributed by atoms with E-state index in [2.05, 4.69) is 10.2 Å². The number of aromatic nitrogens is 2. The molecule has 1 aliphatic rings. The predicted molar refractivity (Wildman–Crippen MR) is 35.5 cm³/mol. The lowest BCUT2D eigenvalue weighted by Crippen LogP contribution is -2.17. The number of hydrogen-bond acceptors (Lipinski definition) is 4. The first-order valence-electron chi connectivity index (χ1n) is 3.31. The topological polar surface area (TPSA) is 52.1 Å². The van der Waals surface area contributed by atoms with Gasteiger partial charge in [-0.05, 0) is 11.6 Å². The minimum absolute atomic E-state index is 0.189. The summed E-state index contributed by atoms with van der Waals surface area (Å²) in [5.41, 5.74) is 1.70. The van der Waals surface area contributed by atoms with E-state index in [1.54, 1.807) is 12.3 Å². The van der Waals surface area contributed by atoms with E-state index in [4.69, 9.17) is 4.74 Å². The van der Waals surface area contributed by atoms with Crippen LogP contribution >= 0.6 is 0 Å². The Bertz CT molecular complexity index is 298. The number of carbonyl (C=O) groups is 1. The van der Waals surface area contributed by atoms with Crippen LogP contribution in [0.25, 0.3) is 0 Å². The van der Waals surface area contributed by atoms with Crippen LogP contribution in [0.4, 0.5) is 0 Å². The van der Waals surface area contributed by atoms with Crippen molar-refractivity contribution in [3.05, 3.63) is 23.5 Å². The van der Waals surface area contributed by atoms with Crippen molar-refractivity contribution in [3.8, 4) is 0 Å². The second kappa shape index (κ2) is 2.30. The Kier molecular flexibility index (Phi) is 1.31. The minimum atomic E-state index is -0.189. The fraction of sp³-hybridized carbons (Fsp3) is 0.286. The van der Waals surface area contributed by atoms with Gasteiger partial charge in [0.05, 0.1) is 6.42 Å². The van der Waals surface area contributed by atoms with E-state index < -0.39 is 0 Å². The van der Waals surface area contributed by atoms with Gasteiger partial charge >= 0.3 is 5.97 Å². The van der Waals surface area contributed by atoms with Gasteiger partial charge in [0.25, 0.3) is 0 Å². The number of hydrogen-bond donors (Lipinski definition) is 0. The summed E-state index contributed by atoms with van der Waals surface area (Å²) >= 11 is 0. The summed E-state index contributed by atoms with van der Waals surface area (Å²) in [5, 5.41) is 7.51. The molecule has 4 heteroatoms. The maximum absolute atomic E-state index is 10.8. The first-order chi connectivity index (χ1) is 5.36. The van der Waals surface area contributed by atoms with E-state index in [1.807, 2.05) is 0 Å². The average Bonchev–Trinajstić information content (AvgIpc) is 2.04. The molecule has 0 atom stereocenters. The number of esters is 1. The van der Waals surface area contributed by atoms with Crippen LogP contribution < -0.4 is 0 Å². The van der Waals surface area contributed by atoms with Gasteiger partial charge in [-0.25, -0.2) is 0 Å². The molecule has 0 spiro atoms. The van der Waals surface area contributed by atoms with E-state index in [-0.39, 0.29) is 12.6 Å². The zero-order chi connectivity index (χ0) is 7.68. The quantitative estimate of drug-likeness (QED) is 0.491. The molecule has 56 valence electrons. The van der Waals surface area contributed by atoms with Crippen molar-refractivity contribution in [3.63, 3.8) is 0 Å². The van der Waals surface area contributed by atoms with E-state index in [0.29, 0.717) is 6.42 Å². The summed E-state index contributed by atoms with van der Waals surface area (Å²) in [5.74, 6) is -0.189. The third kappa shape index (κ3) is 1.07. The number of ether oxygens (including phenoxy) is 1. The lowest BCUT2D eigenvalue weighted by atomic mass is 10.1. The summed E-state index contributed by atoms with van der Waals surface area (Å²) in [7, 11) is 0. The van der Waals surface area contributed by atoms with Crippen molar-refractivity contribution >= 4 is 5.97 Å². The molecular formula is C7H6N2O2. The first kappa shape index (κ1) is 6.27. The molecule has 0 amide bonds. The predicted octanol–water partition coefficient (Wildman–Crippen LogP) is 0.0759. The van der Waals surface area contributed by atoms with Crippen LogP contribution in [0.3, 0.4) is 0 Å². The largest absolute Gasteiger partial charge is 0.459 e. The molecule has 0 saturated heterocycles. The van der Waals surface area contributed by atoms with E-state index in [1.165, 1.54) is 0 Å². The molecule has 0 aliphatic carbocycles. The Hall–Kier alpha value is -1.45. The Balaban J connectivity index is 2.41. The van der Waals surface area contributed by atoms with Crippen molar-refractivity contribution in [2.45, 2.75) is 13.0 Å². The average molecular weight is 150 g/mol. The Morgan fingerprint density at radius 2 is 2.45 bits per heavy atom. The number of nitrogens with zero attached hydrogens (tertiary/aromatic N) is 2. The van der Waals surface area contributed by atoms with Crippen molar-refractivity contribution in [1.82, 2.24) is 10.2 Å². The van der Waals surface area contributed by atoms with Crippen LogP contribution in [0, 0.1) is 0 Å². The van der Waals surface area contributed by atoms with Crippen molar-refractivity contribution in [1.29, 1.82) is 0 Å². The highest BCUT2D eigenvalue weighted by Crippen LogP contribution is 2.12. The monoisotopic (exact) mass is 150 g/mol. The summed E-state index contributed by atoms with van der Waals surface area (Å²) < 4.78 is 4.76. The molecule has 1 aromatic rings. The number of cyclic esters (lactones) is 1. The molecule has 0 saturated carbocycles. The Morgan fingerprint density at radius 3 is 3.36 bits per heavy atom. The van der Waals surface area contributed by atoms with Crippen molar-refractivity contribution < 1.29 is 9.53 Å². The van der Waals surface area contributed by atoms with Gasteiger partial charge in [-0.15, -0.1) is 0 Å². The second-order valence-electron chi connectivity index (χ2n) is 2.34. The summed E-state index contributed by atoms with van der Waals surface area (Å²) in [6.07, 6.45) is 1.91. The fourth-order valence-corrected chi connectivity index (χ4v) is 1.02. The third-order valence-corrected chi connectivity index (χ3v) is 1.60. The van der Waals surface area contributed by atoms with Crippen LogP contribution in [0.2, 0.25) is 0 Å². The molecule has 4 nitrogen and oxygen atoms in total.